The first kappa shape index (κ1) is 14.3. The number of amides is 1. The van der Waals surface area contributed by atoms with Crippen LogP contribution in [0.4, 0.5) is 23.2 Å². The van der Waals surface area contributed by atoms with Crippen molar-refractivity contribution in [2.75, 3.05) is 11.9 Å². The summed E-state index contributed by atoms with van der Waals surface area (Å²) < 4.78 is 57.3. The van der Waals surface area contributed by atoms with Crippen LogP contribution in [0.5, 0.6) is 5.75 Å². The van der Waals surface area contributed by atoms with Crippen molar-refractivity contribution >= 4 is 11.6 Å². The van der Waals surface area contributed by atoms with Gasteiger partial charge in [-0.15, -0.1) is 0 Å². The molecule has 0 atom stereocenters. The van der Waals surface area contributed by atoms with Gasteiger partial charge >= 0.3 is 6.18 Å². The number of alkyl halides is 3. The van der Waals surface area contributed by atoms with Crippen molar-refractivity contribution in [1.29, 1.82) is 0 Å². The van der Waals surface area contributed by atoms with Gasteiger partial charge in [0.15, 0.2) is 6.61 Å². The Bertz CT molecular complexity index is 759. The molecule has 0 spiro atoms. The molecule has 0 aliphatic carbocycles. The number of rotatable bonds is 1. The van der Waals surface area contributed by atoms with Crippen LogP contribution in [0, 0.1) is 5.82 Å². The zero-order chi connectivity index (χ0) is 15.9. The highest BCUT2D eigenvalue weighted by molar-refractivity contribution is 5.96. The van der Waals surface area contributed by atoms with Gasteiger partial charge in [-0.3, -0.25) is 9.78 Å². The van der Waals surface area contributed by atoms with E-state index in [0.29, 0.717) is 6.20 Å². The molecular formula is C14H8F4N2O2. The van der Waals surface area contributed by atoms with Gasteiger partial charge in [-0.25, -0.2) is 4.39 Å². The molecule has 2 aromatic rings. The van der Waals surface area contributed by atoms with Crippen molar-refractivity contribution in [3.8, 4) is 16.9 Å². The maximum atomic E-state index is 14.1. The summed E-state index contributed by atoms with van der Waals surface area (Å²) in [6.07, 6.45) is -2.78. The summed E-state index contributed by atoms with van der Waals surface area (Å²) >= 11 is 0. The highest BCUT2D eigenvalue weighted by atomic mass is 19.4. The van der Waals surface area contributed by atoms with Crippen LogP contribution in [0.15, 0.2) is 30.6 Å². The fourth-order valence-electron chi connectivity index (χ4n) is 2.06. The monoisotopic (exact) mass is 312 g/mol. The van der Waals surface area contributed by atoms with E-state index in [4.69, 9.17) is 4.74 Å². The summed E-state index contributed by atoms with van der Waals surface area (Å²) in [6.45, 7) is -0.237. The number of aromatic nitrogens is 1. The quantitative estimate of drug-likeness (QED) is 0.823. The maximum absolute atomic E-state index is 14.1. The van der Waals surface area contributed by atoms with Crippen LogP contribution >= 0.6 is 0 Å². The van der Waals surface area contributed by atoms with E-state index in [1.165, 1.54) is 6.07 Å². The van der Waals surface area contributed by atoms with Gasteiger partial charge in [-0.1, -0.05) is 0 Å². The van der Waals surface area contributed by atoms with Crippen LogP contribution < -0.4 is 10.1 Å². The summed E-state index contributed by atoms with van der Waals surface area (Å²) in [5.41, 5.74) is -0.960. The molecule has 3 rings (SSSR count). The summed E-state index contributed by atoms with van der Waals surface area (Å²) in [6, 6.07) is 3.04. The number of hydrogen-bond donors (Lipinski definition) is 1. The zero-order valence-electron chi connectivity index (χ0n) is 10.9. The summed E-state index contributed by atoms with van der Waals surface area (Å²) in [5.74, 6) is -1.03. The minimum absolute atomic E-state index is 0.0318. The molecule has 0 fully saturated rings. The molecule has 1 aromatic heterocycles. The van der Waals surface area contributed by atoms with Crippen LogP contribution in [0.3, 0.4) is 0 Å². The first-order valence-electron chi connectivity index (χ1n) is 6.13. The average molecular weight is 312 g/mol. The van der Waals surface area contributed by atoms with E-state index in [0.717, 1.165) is 18.3 Å². The van der Waals surface area contributed by atoms with Gasteiger partial charge in [-0.2, -0.15) is 13.2 Å². The average Bonchev–Trinajstić information content (AvgIpc) is 2.45. The van der Waals surface area contributed by atoms with E-state index in [-0.39, 0.29) is 29.2 Å². The minimum atomic E-state index is -4.57. The zero-order valence-corrected chi connectivity index (χ0v) is 10.9. The van der Waals surface area contributed by atoms with E-state index in [9.17, 15) is 22.4 Å². The third-order valence-corrected chi connectivity index (χ3v) is 3.08. The van der Waals surface area contributed by atoms with Crippen molar-refractivity contribution < 1.29 is 27.1 Å². The smallest absolute Gasteiger partial charge is 0.417 e. The van der Waals surface area contributed by atoms with Gasteiger partial charge in [0, 0.05) is 29.6 Å². The molecule has 1 aliphatic heterocycles. The number of pyridine rings is 1. The largest absolute Gasteiger partial charge is 0.482 e. The molecule has 1 aliphatic rings. The van der Waals surface area contributed by atoms with E-state index in [1.807, 2.05) is 0 Å². The fraction of sp³-hybridized carbons (Fsp3) is 0.143. The van der Waals surface area contributed by atoms with Crippen LogP contribution in [0.2, 0.25) is 0 Å². The van der Waals surface area contributed by atoms with E-state index in [1.54, 1.807) is 0 Å². The van der Waals surface area contributed by atoms with E-state index in [2.05, 4.69) is 10.3 Å². The maximum Gasteiger partial charge on any atom is 0.417 e. The van der Waals surface area contributed by atoms with Gasteiger partial charge in [0.1, 0.15) is 11.6 Å². The molecule has 1 N–H and O–H groups in total. The third kappa shape index (κ3) is 2.59. The fourth-order valence-corrected chi connectivity index (χ4v) is 2.06. The molecule has 1 amide bonds. The number of nitrogens with one attached hydrogen (secondary N) is 1. The predicted octanol–water partition coefficient (Wildman–Crippen LogP) is 3.24. The number of halogens is 4. The van der Waals surface area contributed by atoms with Crippen LogP contribution in [-0.2, 0) is 11.0 Å². The molecule has 2 heterocycles. The number of hydrogen-bond acceptors (Lipinski definition) is 3. The molecule has 0 unspecified atom stereocenters. The topological polar surface area (TPSA) is 51.2 Å². The standard InChI is InChI=1S/C14H8F4N2O2/c15-10-3-11-12(22-6-13(21)20-11)2-9(10)7-1-8(5-19-4-7)14(16,17)18/h1-5H,6H2,(H,20,21). The van der Waals surface area contributed by atoms with E-state index < -0.39 is 23.5 Å². The van der Waals surface area contributed by atoms with Crippen molar-refractivity contribution in [2.45, 2.75) is 6.18 Å². The predicted molar refractivity (Wildman–Crippen MR) is 68.8 cm³/mol. The molecule has 22 heavy (non-hydrogen) atoms. The Kier molecular flexibility index (Phi) is 3.23. The Morgan fingerprint density at radius 2 is 1.95 bits per heavy atom. The van der Waals surface area contributed by atoms with Gasteiger partial charge in [0.2, 0.25) is 0 Å². The first-order valence-corrected chi connectivity index (χ1v) is 6.13. The number of fused-ring (bicyclic) bond motifs is 1. The second-order valence-corrected chi connectivity index (χ2v) is 4.63. The van der Waals surface area contributed by atoms with Gasteiger partial charge in [0.25, 0.3) is 5.91 Å². The van der Waals surface area contributed by atoms with Gasteiger partial charge in [-0.05, 0) is 12.1 Å². The Labute approximate surface area is 121 Å². The summed E-state index contributed by atoms with van der Waals surface area (Å²) in [5, 5.41) is 2.42. The normalized spacial score (nSPS) is 14.1. The number of nitrogens with zero attached hydrogens (tertiary/aromatic N) is 1. The van der Waals surface area contributed by atoms with Gasteiger partial charge in [0.05, 0.1) is 11.3 Å². The lowest BCUT2D eigenvalue weighted by Crippen LogP contribution is -2.25. The lowest BCUT2D eigenvalue weighted by atomic mass is 10.0. The van der Waals surface area contributed by atoms with Gasteiger partial charge < -0.3 is 10.1 Å². The summed E-state index contributed by atoms with van der Waals surface area (Å²) in [7, 11) is 0. The van der Waals surface area contributed by atoms with Crippen LogP contribution in [-0.4, -0.2) is 17.5 Å². The number of anilines is 1. The first-order chi connectivity index (χ1) is 10.3. The molecular weight excluding hydrogens is 304 g/mol. The Balaban J connectivity index is 2.08. The molecule has 1 aromatic carbocycles. The number of ether oxygens (including phenoxy) is 1. The number of benzene rings is 1. The molecule has 8 heteroatoms. The SMILES string of the molecule is O=C1COc2cc(-c3cncc(C(F)(F)F)c3)c(F)cc2N1. The Morgan fingerprint density at radius 3 is 2.68 bits per heavy atom. The number of carbonyl (C=O) groups excluding carboxylic acids is 1. The molecule has 0 bridgehead atoms. The molecule has 0 radical (unpaired) electrons. The van der Waals surface area contributed by atoms with Crippen molar-refractivity contribution in [3.05, 3.63) is 42.0 Å². The lowest BCUT2D eigenvalue weighted by Gasteiger charge is -2.19. The van der Waals surface area contributed by atoms with Crippen molar-refractivity contribution in [1.82, 2.24) is 4.98 Å². The van der Waals surface area contributed by atoms with E-state index >= 15 is 0 Å². The lowest BCUT2D eigenvalue weighted by molar-refractivity contribution is -0.137. The van der Waals surface area contributed by atoms with Crippen LogP contribution in [0.25, 0.3) is 11.1 Å². The third-order valence-electron chi connectivity index (χ3n) is 3.08. The highest BCUT2D eigenvalue weighted by Gasteiger charge is 2.31. The summed E-state index contributed by atoms with van der Waals surface area (Å²) in [4.78, 5) is 14.6. The molecule has 0 saturated heterocycles. The number of carbonyl (C=O) groups is 1. The van der Waals surface area contributed by atoms with Crippen LogP contribution in [0.1, 0.15) is 5.56 Å². The Hall–Kier alpha value is -2.64. The Morgan fingerprint density at radius 1 is 1.18 bits per heavy atom. The molecule has 114 valence electrons. The van der Waals surface area contributed by atoms with Crippen molar-refractivity contribution in [2.24, 2.45) is 0 Å². The molecule has 4 nitrogen and oxygen atoms in total. The molecule has 0 saturated carbocycles. The highest BCUT2D eigenvalue weighted by Crippen LogP contribution is 2.37. The minimum Gasteiger partial charge on any atom is -0.482 e. The second-order valence-electron chi connectivity index (χ2n) is 4.63. The second kappa shape index (κ2) is 4.97. The van der Waals surface area contributed by atoms with Crippen molar-refractivity contribution in [3.63, 3.8) is 0 Å².